The summed E-state index contributed by atoms with van der Waals surface area (Å²) in [4.78, 5) is 36.1. The maximum atomic E-state index is 11.7. The predicted molar refractivity (Wildman–Crippen MR) is 71.8 cm³/mol. The summed E-state index contributed by atoms with van der Waals surface area (Å²) >= 11 is 0. The Morgan fingerprint density at radius 1 is 1.42 bits per heavy atom. The monoisotopic (exact) mass is 268 g/mol. The summed E-state index contributed by atoms with van der Waals surface area (Å²) in [6.45, 7) is 4.14. The van der Waals surface area contributed by atoms with Gasteiger partial charge in [-0.3, -0.25) is 19.1 Å². The molecule has 7 nitrogen and oxygen atoms in total. The number of hydrogen-bond acceptors (Lipinski definition) is 4. The van der Waals surface area contributed by atoms with Crippen LogP contribution in [0.1, 0.15) is 26.7 Å². The molecule has 0 aliphatic rings. The Kier molecular flexibility index (Phi) is 5.05. The Hall–Kier alpha value is -1.89. The van der Waals surface area contributed by atoms with Gasteiger partial charge >= 0.3 is 5.69 Å². The van der Waals surface area contributed by atoms with E-state index in [4.69, 9.17) is 5.73 Å². The van der Waals surface area contributed by atoms with Crippen LogP contribution >= 0.6 is 0 Å². The normalized spacial score (nSPS) is 11.3. The van der Waals surface area contributed by atoms with Crippen molar-refractivity contribution in [3.63, 3.8) is 0 Å². The third kappa shape index (κ3) is 4.36. The fourth-order valence-corrected chi connectivity index (χ4v) is 1.55. The molecule has 7 heteroatoms. The first kappa shape index (κ1) is 15.2. The average Bonchev–Trinajstić information content (AvgIpc) is 2.39. The standard InChI is InChI=1S/C12H20N4O3/c1-3-12(13,4-2)8-14-10(18)7-16-6-5-9(17)15-11(16)19/h5-6H,3-4,7-8,13H2,1-2H3,(H,14,18)(H,15,17,19). The van der Waals surface area contributed by atoms with Crippen LogP contribution in [0.4, 0.5) is 0 Å². The van der Waals surface area contributed by atoms with Crippen molar-refractivity contribution in [2.75, 3.05) is 6.54 Å². The summed E-state index contributed by atoms with van der Waals surface area (Å²) in [5.74, 6) is -0.314. The van der Waals surface area contributed by atoms with Crippen LogP contribution < -0.4 is 22.3 Å². The van der Waals surface area contributed by atoms with Crippen molar-refractivity contribution in [1.82, 2.24) is 14.9 Å². The number of aromatic nitrogens is 2. The van der Waals surface area contributed by atoms with Crippen molar-refractivity contribution >= 4 is 5.91 Å². The molecule has 0 spiro atoms. The Bertz CT molecular complexity index is 542. The van der Waals surface area contributed by atoms with E-state index in [0.29, 0.717) is 6.54 Å². The van der Waals surface area contributed by atoms with Gasteiger partial charge in [-0.1, -0.05) is 13.8 Å². The highest BCUT2D eigenvalue weighted by atomic mass is 16.2. The van der Waals surface area contributed by atoms with Gasteiger partial charge in [-0.2, -0.15) is 0 Å². The van der Waals surface area contributed by atoms with Gasteiger partial charge in [0.1, 0.15) is 6.54 Å². The first-order valence-corrected chi connectivity index (χ1v) is 6.25. The highest BCUT2D eigenvalue weighted by Gasteiger charge is 2.20. The number of nitrogens with one attached hydrogen (secondary N) is 2. The molecule has 0 aromatic carbocycles. The zero-order valence-electron chi connectivity index (χ0n) is 11.2. The van der Waals surface area contributed by atoms with Crippen molar-refractivity contribution in [3.05, 3.63) is 33.1 Å². The van der Waals surface area contributed by atoms with E-state index in [9.17, 15) is 14.4 Å². The zero-order chi connectivity index (χ0) is 14.5. The molecule has 106 valence electrons. The second-order valence-electron chi connectivity index (χ2n) is 4.58. The lowest BCUT2D eigenvalue weighted by Gasteiger charge is -2.26. The fourth-order valence-electron chi connectivity index (χ4n) is 1.55. The van der Waals surface area contributed by atoms with Crippen LogP contribution in [0.25, 0.3) is 0 Å². The number of amides is 1. The summed E-state index contributed by atoms with van der Waals surface area (Å²) < 4.78 is 1.13. The van der Waals surface area contributed by atoms with Crippen molar-refractivity contribution in [2.24, 2.45) is 5.73 Å². The van der Waals surface area contributed by atoms with Crippen LogP contribution in [0.15, 0.2) is 21.9 Å². The van der Waals surface area contributed by atoms with Gasteiger partial charge in [-0.15, -0.1) is 0 Å². The Balaban J connectivity index is 2.61. The first-order valence-electron chi connectivity index (χ1n) is 6.25. The molecule has 4 N–H and O–H groups in total. The lowest BCUT2D eigenvalue weighted by molar-refractivity contribution is -0.122. The van der Waals surface area contributed by atoms with E-state index >= 15 is 0 Å². The highest BCUT2D eigenvalue weighted by Crippen LogP contribution is 2.08. The molecule has 0 unspecified atom stereocenters. The van der Waals surface area contributed by atoms with E-state index in [1.54, 1.807) is 0 Å². The second-order valence-corrected chi connectivity index (χ2v) is 4.58. The molecular weight excluding hydrogens is 248 g/mol. The van der Waals surface area contributed by atoms with E-state index in [2.05, 4.69) is 10.3 Å². The van der Waals surface area contributed by atoms with Crippen LogP contribution in [0.2, 0.25) is 0 Å². The Labute approximate surface area is 110 Å². The number of nitrogens with two attached hydrogens (primary N) is 1. The number of carbonyl (C=O) groups is 1. The van der Waals surface area contributed by atoms with Crippen molar-refractivity contribution < 1.29 is 4.79 Å². The second kappa shape index (κ2) is 6.33. The van der Waals surface area contributed by atoms with Crippen molar-refractivity contribution in [2.45, 2.75) is 38.8 Å². The summed E-state index contributed by atoms with van der Waals surface area (Å²) in [6, 6.07) is 1.19. The first-order chi connectivity index (χ1) is 8.90. The van der Waals surface area contributed by atoms with Gasteiger partial charge in [0.15, 0.2) is 0 Å². The summed E-state index contributed by atoms with van der Waals surface area (Å²) in [5, 5.41) is 2.70. The number of H-pyrrole nitrogens is 1. The minimum atomic E-state index is -0.604. The van der Waals surface area contributed by atoms with Gasteiger partial charge in [0.25, 0.3) is 5.56 Å². The minimum Gasteiger partial charge on any atom is -0.353 e. The van der Waals surface area contributed by atoms with E-state index < -0.39 is 16.8 Å². The Morgan fingerprint density at radius 2 is 2.05 bits per heavy atom. The molecule has 0 saturated heterocycles. The molecule has 0 saturated carbocycles. The molecule has 1 heterocycles. The van der Waals surface area contributed by atoms with Crippen LogP contribution in [-0.4, -0.2) is 27.5 Å². The Morgan fingerprint density at radius 3 is 2.58 bits per heavy atom. The largest absolute Gasteiger partial charge is 0.353 e. The number of rotatable bonds is 6. The molecule has 0 radical (unpaired) electrons. The quantitative estimate of drug-likeness (QED) is 0.625. The van der Waals surface area contributed by atoms with E-state index in [-0.39, 0.29) is 12.5 Å². The third-order valence-corrected chi connectivity index (χ3v) is 3.26. The van der Waals surface area contributed by atoms with E-state index in [1.165, 1.54) is 12.3 Å². The van der Waals surface area contributed by atoms with Gasteiger partial charge in [0.2, 0.25) is 5.91 Å². The third-order valence-electron chi connectivity index (χ3n) is 3.26. The minimum absolute atomic E-state index is 0.140. The number of nitrogens with zero attached hydrogens (tertiary/aromatic N) is 1. The lowest BCUT2D eigenvalue weighted by Crippen LogP contribution is -2.50. The van der Waals surface area contributed by atoms with Crippen LogP contribution in [0, 0.1) is 0 Å². The molecule has 0 aliphatic heterocycles. The van der Waals surface area contributed by atoms with Crippen molar-refractivity contribution in [1.29, 1.82) is 0 Å². The molecule has 0 bridgehead atoms. The maximum absolute atomic E-state index is 11.7. The number of hydrogen-bond donors (Lipinski definition) is 3. The molecule has 0 fully saturated rings. The molecule has 1 rings (SSSR count). The highest BCUT2D eigenvalue weighted by molar-refractivity contribution is 5.75. The van der Waals surface area contributed by atoms with E-state index in [1.807, 2.05) is 13.8 Å². The molecule has 0 atom stereocenters. The molecule has 0 aliphatic carbocycles. The van der Waals surface area contributed by atoms with Crippen LogP contribution in [0.5, 0.6) is 0 Å². The van der Waals surface area contributed by atoms with E-state index in [0.717, 1.165) is 17.4 Å². The molecule has 1 aromatic rings. The average molecular weight is 268 g/mol. The zero-order valence-corrected chi connectivity index (χ0v) is 11.2. The summed E-state index contributed by atoms with van der Waals surface area (Å²) in [6.07, 6.45) is 2.79. The van der Waals surface area contributed by atoms with Crippen molar-refractivity contribution in [3.8, 4) is 0 Å². The van der Waals surface area contributed by atoms with Gasteiger partial charge < -0.3 is 11.1 Å². The topological polar surface area (TPSA) is 110 Å². The molecular formula is C12H20N4O3. The lowest BCUT2D eigenvalue weighted by atomic mass is 9.94. The van der Waals surface area contributed by atoms with Crippen LogP contribution in [0.3, 0.4) is 0 Å². The van der Waals surface area contributed by atoms with Gasteiger partial charge in [-0.05, 0) is 12.8 Å². The SMILES string of the molecule is CCC(N)(CC)CNC(=O)Cn1ccc(=O)[nH]c1=O. The van der Waals surface area contributed by atoms with Gasteiger partial charge in [0.05, 0.1) is 0 Å². The fraction of sp³-hybridized carbons (Fsp3) is 0.583. The summed E-state index contributed by atoms with van der Waals surface area (Å²) in [7, 11) is 0. The number of aromatic amines is 1. The molecule has 1 amide bonds. The predicted octanol–water partition coefficient (Wildman–Crippen LogP) is -0.830. The molecule has 1 aromatic heterocycles. The number of carbonyl (C=O) groups excluding carboxylic acids is 1. The van der Waals surface area contributed by atoms with Gasteiger partial charge in [0, 0.05) is 24.3 Å². The maximum Gasteiger partial charge on any atom is 0.328 e. The summed E-state index contributed by atoms with van der Waals surface area (Å²) in [5.41, 5.74) is 4.54. The smallest absolute Gasteiger partial charge is 0.328 e. The van der Waals surface area contributed by atoms with Gasteiger partial charge in [-0.25, -0.2) is 4.79 Å². The van der Waals surface area contributed by atoms with Crippen LogP contribution in [-0.2, 0) is 11.3 Å². The molecule has 19 heavy (non-hydrogen) atoms.